The van der Waals surface area contributed by atoms with Crippen LogP contribution >= 0.6 is 0 Å². The highest BCUT2D eigenvalue weighted by Crippen LogP contribution is 2.44. The molecule has 3 aromatic rings. The third kappa shape index (κ3) is 19.8. The van der Waals surface area contributed by atoms with Gasteiger partial charge in [-0.15, -0.1) is 0 Å². The Morgan fingerprint density at radius 3 is 1.66 bits per heavy atom. The number of nitrogens with one attached hydrogen (secondary N) is 5. The highest BCUT2D eigenvalue weighted by atomic mass is 16.6. The molecule has 0 spiro atoms. The maximum absolute atomic E-state index is 13.8. The molecule has 16 heteroatoms. The summed E-state index contributed by atoms with van der Waals surface area (Å²) in [5, 5.41) is 14.2. The topological polar surface area (TPSA) is 217 Å². The second kappa shape index (κ2) is 27.2. The van der Waals surface area contributed by atoms with Crippen molar-refractivity contribution in [2.75, 3.05) is 19.7 Å². The molecular formula is C58H81N5O11. The van der Waals surface area contributed by atoms with E-state index >= 15 is 0 Å². The normalized spacial score (nSPS) is 16.7. The van der Waals surface area contributed by atoms with Gasteiger partial charge in [-0.3, -0.25) is 14.4 Å². The number of hydrogen-bond acceptors (Lipinski definition) is 11. The maximum atomic E-state index is 13.8. The smallest absolute Gasteiger partial charge is 0.407 e. The SMILES string of the molecule is CC(C)(C)OC(=O)CC[C@H](NC(=O)N[C@@H](CCCCNC(=O)[C@H](CCCc1ccccc1)NC(=O)C1CCC(CNC(=O)OCC2c3ccccc3-c3ccccc32)CC1)C(=O)OC(C)(C)C)C(=O)OC(C)(C)C. The molecule has 0 heterocycles. The number of carbonyl (C=O) groups excluding carboxylic acids is 7. The molecule has 2 aliphatic carbocycles. The summed E-state index contributed by atoms with van der Waals surface area (Å²) in [4.78, 5) is 93.0. The van der Waals surface area contributed by atoms with Gasteiger partial charge in [0.1, 0.15) is 41.5 Å². The quantitative estimate of drug-likeness (QED) is 0.0343. The van der Waals surface area contributed by atoms with Gasteiger partial charge in [0.15, 0.2) is 0 Å². The fourth-order valence-corrected chi connectivity index (χ4v) is 9.28. The van der Waals surface area contributed by atoms with Crippen LogP contribution in [-0.2, 0) is 49.3 Å². The van der Waals surface area contributed by atoms with Gasteiger partial charge < -0.3 is 45.5 Å². The van der Waals surface area contributed by atoms with E-state index in [1.54, 1.807) is 62.3 Å². The summed E-state index contributed by atoms with van der Waals surface area (Å²) in [6.07, 6.45) is 4.79. The summed E-state index contributed by atoms with van der Waals surface area (Å²) in [5.41, 5.74) is 3.29. The van der Waals surface area contributed by atoms with Crippen LogP contribution in [0.2, 0.25) is 0 Å². The van der Waals surface area contributed by atoms with Crippen LogP contribution in [0.3, 0.4) is 0 Å². The fourth-order valence-electron chi connectivity index (χ4n) is 9.28. The zero-order valence-electron chi connectivity index (χ0n) is 45.1. The first kappa shape index (κ1) is 58.4. The molecule has 0 unspecified atom stereocenters. The molecular weight excluding hydrogens is 943 g/mol. The van der Waals surface area contributed by atoms with E-state index in [0.717, 1.165) is 36.0 Å². The Hall–Kier alpha value is -6.45. The lowest BCUT2D eigenvalue weighted by molar-refractivity contribution is -0.159. The minimum Gasteiger partial charge on any atom is -0.460 e. The van der Waals surface area contributed by atoms with E-state index < -0.39 is 65.0 Å². The molecule has 0 aliphatic heterocycles. The van der Waals surface area contributed by atoms with Gasteiger partial charge >= 0.3 is 30.0 Å². The minimum absolute atomic E-state index is 0.0276. The Balaban J connectivity index is 1.10. The summed E-state index contributed by atoms with van der Waals surface area (Å²) in [5.74, 6) is -2.57. The lowest BCUT2D eigenvalue weighted by atomic mass is 9.81. The van der Waals surface area contributed by atoms with Crippen molar-refractivity contribution in [3.63, 3.8) is 0 Å². The molecule has 0 bridgehead atoms. The highest BCUT2D eigenvalue weighted by molar-refractivity contribution is 5.89. The molecule has 74 heavy (non-hydrogen) atoms. The zero-order chi connectivity index (χ0) is 54.1. The van der Waals surface area contributed by atoms with E-state index in [2.05, 4.69) is 50.8 Å². The Kier molecular flexibility index (Phi) is 21.5. The Labute approximate surface area is 437 Å². The Morgan fingerprint density at radius 1 is 0.568 bits per heavy atom. The van der Waals surface area contributed by atoms with Crippen molar-refractivity contribution in [2.45, 2.75) is 180 Å². The summed E-state index contributed by atoms with van der Waals surface area (Å²) in [7, 11) is 0. The first-order chi connectivity index (χ1) is 34.9. The van der Waals surface area contributed by atoms with E-state index in [1.165, 1.54) is 11.1 Å². The van der Waals surface area contributed by atoms with Crippen LogP contribution in [-0.4, -0.2) is 96.5 Å². The average Bonchev–Trinajstić information content (AvgIpc) is 3.65. The van der Waals surface area contributed by atoms with Crippen LogP contribution in [0, 0.1) is 11.8 Å². The molecule has 3 atom stereocenters. The van der Waals surface area contributed by atoms with Gasteiger partial charge in [0.05, 0.1) is 0 Å². The van der Waals surface area contributed by atoms with Crippen molar-refractivity contribution in [1.29, 1.82) is 0 Å². The second-order valence-electron chi connectivity index (χ2n) is 22.6. The number of esters is 3. The summed E-state index contributed by atoms with van der Waals surface area (Å²) in [6.45, 7) is 16.3. The van der Waals surface area contributed by atoms with E-state index in [-0.39, 0.29) is 62.0 Å². The standard InChI is InChI=1S/C58H81N5O11/c1-56(2,3)72-49(64)34-33-48(53(68)74-58(7,8)9)63-54(69)62-47(52(67)73-57(4,5)6)27-17-18-35-59-51(66)46(28-19-22-38-20-11-10-12-21-38)61-50(65)40-31-29-39(30-32-40)36-60-55(70)71-37-45-43-25-15-13-23-41(43)42-24-14-16-26-44(42)45/h10-16,20-21,23-26,39-40,45-48H,17-19,22,27-37H2,1-9H3,(H,59,66)(H,60,70)(H,61,65)(H2,62,63,69)/t39?,40?,46-,47-,48-/m0/s1. The third-order valence-electron chi connectivity index (χ3n) is 12.8. The van der Waals surface area contributed by atoms with E-state index in [1.807, 2.05) is 54.6 Å². The van der Waals surface area contributed by atoms with E-state index in [9.17, 15) is 33.6 Å². The number of carbonyl (C=O) groups is 7. The Morgan fingerprint density at radius 2 is 1.09 bits per heavy atom. The van der Waals surface area contributed by atoms with Crippen LogP contribution < -0.4 is 26.6 Å². The van der Waals surface area contributed by atoms with E-state index in [4.69, 9.17) is 18.9 Å². The number of fused-ring (bicyclic) bond motifs is 3. The van der Waals surface area contributed by atoms with E-state index in [0.29, 0.717) is 45.1 Å². The van der Waals surface area contributed by atoms with Crippen molar-refractivity contribution in [3.8, 4) is 11.1 Å². The van der Waals surface area contributed by atoms with Crippen LogP contribution in [0.4, 0.5) is 9.59 Å². The van der Waals surface area contributed by atoms with Gasteiger partial charge in [0.25, 0.3) is 0 Å². The number of hydrogen-bond donors (Lipinski definition) is 5. The molecule has 1 fully saturated rings. The highest BCUT2D eigenvalue weighted by Gasteiger charge is 2.34. The predicted molar refractivity (Wildman–Crippen MR) is 283 cm³/mol. The van der Waals surface area contributed by atoms with Crippen LogP contribution in [0.15, 0.2) is 78.9 Å². The molecule has 5 amide bonds. The molecule has 0 saturated heterocycles. The van der Waals surface area contributed by atoms with Crippen LogP contribution in [0.1, 0.15) is 156 Å². The maximum Gasteiger partial charge on any atom is 0.407 e. The number of amides is 5. The number of urea groups is 1. The average molecular weight is 1020 g/mol. The Bertz CT molecular complexity index is 2320. The molecule has 404 valence electrons. The molecule has 0 aromatic heterocycles. The zero-order valence-corrected chi connectivity index (χ0v) is 45.1. The lowest BCUT2D eigenvalue weighted by Crippen LogP contribution is -2.53. The first-order valence-corrected chi connectivity index (χ1v) is 26.4. The molecule has 5 rings (SSSR count). The number of alkyl carbamates (subject to hydrolysis) is 1. The second-order valence-corrected chi connectivity index (χ2v) is 22.6. The number of unbranched alkanes of at least 4 members (excludes halogenated alkanes) is 1. The molecule has 5 N–H and O–H groups in total. The largest absolute Gasteiger partial charge is 0.460 e. The number of rotatable bonds is 23. The number of aryl methyl sites for hydroxylation is 1. The van der Waals surface area contributed by atoms with Gasteiger partial charge in [0, 0.05) is 31.3 Å². The lowest BCUT2D eigenvalue weighted by Gasteiger charge is -2.29. The first-order valence-electron chi connectivity index (χ1n) is 26.4. The summed E-state index contributed by atoms with van der Waals surface area (Å²) in [6, 6.07) is 22.4. The number of benzene rings is 3. The molecule has 1 saturated carbocycles. The van der Waals surface area contributed by atoms with Gasteiger partial charge in [-0.1, -0.05) is 78.9 Å². The van der Waals surface area contributed by atoms with Crippen molar-refractivity contribution in [3.05, 3.63) is 95.6 Å². The minimum atomic E-state index is -1.22. The fraction of sp³-hybridized carbons (Fsp3) is 0.569. The van der Waals surface area contributed by atoms with Crippen molar-refractivity contribution >= 4 is 41.8 Å². The molecule has 2 aliphatic rings. The van der Waals surface area contributed by atoms with Crippen molar-refractivity contribution in [1.82, 2.24) is 26.6 Å². The molecule has 0 radical (unpaired) electrons. The summed E-state index contributed by atoms with van der Waals surface area (Å²) < 4.78 is 22.3. The molecule has 16 nitrogen and oxygen atoms in total. The van der Waals surface area contributed by atoms with Crippen molar-refractivity contribution in [2.24, 2.45) is 11.8 Å². The predicted octanol–water partition coefficient (Wildman–Crippen LogP) is 8.97. The van der Waals surface area contributed by atoms with Gasteiger partial charge in [-0.25, -0.2) is 19.2 Å². The van der Waals surface area contributed by atoms with Crippen LogP contribution in [0.5, 0.6) is 0 Å². The van der Waals surface area contributed by atoms with Crippen molar-refractivity contribution < 1.29 is 52.5 Å². The number of ether oxygens (including phenoxy) is 4. The molecule has 3 aromatic carbocycles. The van der Waals surface area contributed by atoms with Crippen LogP contribution in [0.25, 0.3) is 11.1 Å². The van der Waals surface area contributed by atoms with Gasteiger partial charge in [0.2, 0.25) is 11.8 Å². The third-order valence-corrected chi connectivity index (χ3v) is 12.8. The monoisotopic (exact) mass is 1020 g/mol. The van der Waals surface area contributed by atoms with Gasteiger partial charge in [-0.2, -0.15) is 0 Å². The van der Waals surface area contributed by atoms with Gasteiger partial charge in [-0.05, 0) is 167 Å². The summed E-state index contributed by atoms with van der Waals surface area (Å²) >= 11 is 0.